The summed E-state index contributed by atoms with van der Waals surface area (Å²) in [6, 6.07) is 4.64. The monoisotopic (exact) mass is 642 g/mol. The lowest BCUT2D eigenvalue weighted by atomic mass is 9.57. The number of imide groups is 2. The van der Waals surface area contributed by atoms with Crippen molar-refractivity contribution in [2.24, 2.45) is 35.5 Å². The fourth-order valence-electron chi connectivity index (χ4n) is 6.41. The summed E-state index contributed by atoms with van der Waals surface area (Å²) in [6.45, 7) is 0.491. The molecule has 2 aliphatic heterocycles. The second-order valence-corrected chi connectivity index (χ2v) is 10.7. The van der Waals surface area contributed by atoms with Gasteiger partial charge in [-0.15, -0.1) is 0 Å². The molecule has 2 saturated heterocycles. The SMILES string of the molecule is CC(F)(F)c1ccc(N2C(=O)C3C(C2=O)C(C(F)(F)F)C2C(=O)N(c4ccc(C(F)(F)F)cc4)C(=O)C2C3C(F)(F)F)cc1. The Bertz CT molecular complexity index is 1370. The zero-order valence-corrected chi connectivity index (χ0v) is 21.8. The molecule has 236 valence electrons. The molecule has 2 heterocycles. The Morgan fingerprint density at radius 3 is 0.977 bits per heavy atom. The second kappa shape index (κ2) is 9.72. The second-order valence-electron chi connectivity index (χ2n) is 10.7. The quantitative estimate of drug-likeness (QED) is 0.300. The van der Waals surface area contributed by atoms with E-state index in [0.717, 1.165) is 12.1 Å². The summed E-state index contributed by atoms with van der Waals surface area (Å²) < 4.78 is 154. The third kappa shape index (κ3) is 4.80. The molecule has 3 aliphatic rings. The predicted octanol–water partition coefficient (Wildman–Crippen LogP) is 6.10. The maximum absolute atomic E-state index is 14.6. The number of halogens is 11. The Kier molecular flexibility index (Phi) is 6.93. The number of carbonyl (C=O) groups excluding carboxylic acids is 4. The first kappa shape index (κ1) is 31.4. The molecule has 6 nitrogen and oxygen atoms in total. The van der Waals surface area contributed by atoms with Crippen LogP contribution in [0.2, 0.25) is 0 Å². The van der Waals surface area contributed by atoms with Crippen molar-refractivity contribution < 1.29 is 67.5 Å². The Labute approximate surface area is 239 Å². The Morgan fingerprint density at radius 2 is 0.750 bits per heavy atom. The van der Waals surface area contributed by atoms with Gasteiger partial charge >= 0.3 is 18.5 Å². The van der Waals surface area contributed by atoms with Gasteiger partial charge in [0.05, 0.1) is 52.4 Å². The molecule has 44 heavy (non-hydrogen) atoms. The van der Waals surface area contributed by atoms with Crippen molar-refractivity contribution in [3.63, 3.8) is 0 Å². The third-order valence-electron chi connectivity index (χ3n) is 8.18. The first-order valence-electron chi connectivity index (χ1n) is 12.6. The van der Waals surface area contributed by atoms with Crippen LogP contribution in [0.25, 0.3) is 0 Å². The van der Waals surface area contributed by atoms with E-state index in [4.69, 9.17) is 0 Å². The summed E-state index contributed by atoms with van der Waals surface area (Å²) >= 11 is 0. The van der Waals surface area contributed by atoms with Crippen molar-refractivity contribution in [1.82, 2.24) is 0 Å². The van der Waals surface area contributed by atoms with E-state index in [0.29, 0.717) is 43.3 Å². The normalized spacial score (nSPS) is 28.1. The van der Waals surface area contributed by atoms with Crippen LogP contribution in [0.4, 0.5) is 59.7 Å². The maximum Gasteiger partial charge on any atom is 0.416 e. The number of amides is 4. The van der Waals surface area contributed by atoms with Crippen LogP contribution in [0, 0.1) is 35.5 Å². The van der Waals surface area contributed by atoms with Gasteiger partial charge in [0.1, 0.15) is 0 Å². The average molecular weight is 642 g/mol. The molecule has 6 atom stereocenters. The lowest BCUT2D eigenvalue weighted by Gasteiger charge is -2.43. The average Bonchev–Trinajstić information content (AvgIpc) is 3.29. The molecule has 1 saturated carbocycles. The van der Waals surface area contributed by atoms with E-state index in [1.807, 2.05) is 0 Å². The molecule has 2 aromatic rings. The molecule has 3 fully saturated rings. The number of nitrogens with zero attached hydrogens (tertiary/aromatic N) is 2. The van der Waals surface area contributed by atoms with Crippen LogP contribution in [0.5, 0.6) is 0 Å². The minimum atomic E-state index is -5.63. The third-order valence-corrected chi connectivity index (χ3v) is 8.18. The molecule has 6 unspecified atom stereocenters. The number of rotatable bonds is 3. The highest BCUT2D eigenvalue weighted by atomic mass is 19.4. The van der Waals surface area contributed by atoms with Gasteiger partial charge in [0.25, 0.3) is 5.92 Å². The van der Waals surface area contributed by atoms with Gasteiger partial charge in [-0.25, -0.2) is 8.78 Å². The highest BCUT2D eigenvalue weighted by Crippen LogP contribution is 2.62. The van der Waals surface area contributed by atoms with Crippen molar-refractivity contribution in [3.8, 4) is 0 Å². The van der Waals surface area contributed by atoms with Crippen LogP contribution < -0.4 is 9.80 Å². The van der Waals surface area contributed by atoms with E-state index in [-0.39, 0.29) is 9.80 Å². The summed E-state index contributed by atoms with van der Waals surface area (Å²) in [7, 11) is 0. The highest BCUT2D eigenvalue weighted by Gasteiger charge is 2.77. The van der Waals surface area contributed by atoms with Gasteiger partial charge in [-0.2, -0.15) is 39.5 Å². The zero-order chi connectivity index (χ0) is 32.9. The van der Waals surface area contributed by atoms with Crippen molar-refractivity contribution in [2.45, 2.75) is 31.4 Å². The molecule has 0 aromatic heterocycles. The fraction of sp³-hybridized carbons (Fsp3) is 0.407. The van der Waals surface area contributed by atoms with Crippen LogP contribution in [0.15, 0.2) is 48.5 Å². The lowest BCUT2D eigenvalue weighted by Crippen LogP contribution is -2.57. The molecule has 1 aliphatic carbocycles. The summed E-state index contributed by atoms with van der Waals surface area (Å²) in [5, 5.41) is 0. The van der Waals surface area contributed by atoms with Crippen molar-refractivity contribution in [1.29, 1.82) is 0 Å². The molecular formula is C27H17F11N2O4. The number of hydrogen-bond donors (Lipinski definition) is 0. The minimum Gasteiger partial charge on any atom is -0.274 e. The number of benzene rings is 2. The van der Waals surface area contributed by atoms with E-state index in [1.165, 1.54) is 0 Å². The van der Waals surface area contributed by atoms with Gasteiger partial charge in [-0.05, 0) is 36.4 Å². The zero-order valence-electron chi connectivity index (χ0n) is 21.8. The number of carbonyl (C=O) groups is 4. The maximum atomic E-state index is 14.6. The summed E-state index contributed by atoms with van der Waals surface area (Å²) in [4.78, 5) is 53.4. The van der Waals surface area contributed by atoms with Gasteiger partial charge in [-0.1, -0.05) is 12.1 Å². The molecule has 0 N–H and O–H groups in total. The molecule has 0 bridgehead atoms. The van der Waals surface area contributed by atoms with Gasteiger partial charge < -0.3 is 0 Å². The largest absolute Gasteiger partial charge is 0.416 e. The Balaban J connectivity index is 1.64. The number of fused-ring (bicyclic) bond motifs is 2. The van der Waals surface area contributed by atoms with Crippen molar-refractivity contribution >= 4 is 35.0 Å². The number of alkyl halides is 11. The summed E-state index contributed by atoms with van der Waals surface area (Å²) in [6.07, 6.45) is -16.2. The Hall–Kier alpha value is -4.05. The van der Waals surface area contributed by atoms with Crippen LogP contribution >= 0.6 is 0 Å². The Morgan fingerprint density at radius 1 is 0.477 bits per heavy atom. The molecule has 0 radical (unpaired) electrons. The van der Waals surface area contributed by atoms with Crippen LogP contribution in [0.3, 0.4) is 0 Å². The molecule has 5 rings (SSSR count). The molecule has 0 spiro atoms. The first-order valence-corrected chi connectivity index (χ1v) is 12.6. The number of hydrogen-bond acceptors (Lipinski definition) is 4. The van der Waals surface area contributed by atoms with E-state index < -0.39 is 106 Å². The number of anilines is 2. The first-order chi connectivity index (χ1) is 20.1. The predicted molar refractivity (Wildman–Crippen MR) is 125 cm³/mol. The van der Waals surface area contributed by atoms with Gasteiger partial charge in [0.2, 0.25) is 23.6 Å². The fourth-order valence-corrected chi connectivity index (χ4v) is 6.41. The van der Waals surface area contributed by atoms with Crippen LogP contribution in [-0.4, -0.2) is 36.0 Å². The summed E-state index contributed by atoms with van der Waals surface area (Å²) in [5.41, 5.74) is -3.30. The lowest BCUT2D eigenvalue weighted by molar-refractivity contribution is -0.258. The van der Waals surface area contributed by atoms with Gasteiger partial charge in [0.15, 0.2) is 0 Å². The van der Waals surface area contributed by atoms with E-state index in [9.17, 15) is 67.5 Å². The van der Waals surface area contributed by atoms with E-state index in [2.05, 4.69) is 0 Å². The molecular weight excluding hydrogens is 625 g/mol. The molecule has 4 amide bonds. The molecule has 17 heteroatoms. The van der Waals surface area contributed by atoms with Crippen molar-refractivity contribution in [3.05, 3.63) is 59.7 Å². The van der Waals surface area contributed by atoms with Gasteiger partial charge in [-0.3, -0.25) is 29.0 Å². The van der Waals surface area contributed by atoms with Crippen LogP contribution in [0.1, 0.15) is 18.1 Å². The van der Waals surface area contributed by atoms with E-state index in [1.54, 1.807) is 0 Å². The van der Waals surface area contributed by atoms with Crippen LogP contribution in [-0.2, 0) is 31.3 Å². The summed E-state index contributed by atoms with van der Waals surface area (Å²) in [5.74, 6) is -28.7. The van der Waals surface area contributed by atoms with E-state index >= 15 is 0 Å². The highest BCUT2D eigenvalue weighted by molar-refractivity contribution is 6.26. The minimum absolute atomic E-state index is 0.00593. The standard InChI is InChI=1S/C27H17F11N2O4/c1-24(28,29)10-2-6-12(7-3-10)39-20(41)14-15(21(39)42)19(27(36,37)38)17-16(18(14)26(33,34)35)22(43)40(23(17)44)13-8-4-11(5-9-13)25(30,31)32/h2-9,14-19H,1H3. The molecule has 2 aromatic carbocycles. The topological polar surface area (TPSA) is 74.8 Å². The van der Waals surface area contributed by atoms with Gasteiger partial charge in [0, 0.05) is 12.5 Å². The van der Waals surface area contributed by atoms with Crippen molar-refractivity contribution in [2.75, 3.05) is 9.80 Å². The smallest absolute Gasteiger partial charge is 0.274 e.